The first-order valence-electron chi connectivity index (χ1n) is 14.1. The van der Waals surface area contributed by atoms with E-state index in [2.05, 4.69) is 0 Å². The molecule has 0 saturated carbocycles. The molecule has 0 aliphatic heterocycles. The van der Waals surface area contributed by atoms with Crippen LogP contribution in [0.1, 0.15) is 36.6 Å². The standard InChI is InChI=1S/C32H28N4O12/c37-30(22-5-11-26(12-6-22)34(40)41)46-19-17-33(18-20-47-31(38)23-7-13-27(14-8-23)35(42)43)29-4-2-1-3-25(29)21-48-32(39)24-9-15-28(16-10-24)36(44)45/h1-16H,17-21H2,(H,40,41)(H,44,45)/q+2. The molecule has 0 radical (unpaired) electrons. The van der Waals surface area contributed by atoms with Crippen molar-refractivity contribution >= 4 is 40.7 Å². The van der Waals surface area contributed by atoms with Gasteiger partial charge < -0.3 is 19.1 Å². The lowest BCUT2D eigenvalue weighted by Crippen LogP contribution is -2.33. The summed E-state index contributed by atoms with van der Waals surface area (Å²) < 4.78 is 16.3. The largest absolute Gasteiger partial charge is 0.460 e. The Labute approximate surface area is 271 Å². The van der Waals surface area contributed by atoms with Crippen LogP contribution in [0.15, 0.2) is 97.1 Å². The quantitative estimate of drug-likeness (QED) is 0.0740. The molecule has 16 heteroatoms. The van der Waals surface area contributed by atoms with Gasteiger partial charge in [-0.3, -0.25) is 10.1 Å². The number of nitrogens with zero attached hydrogens (tertiary/aromatic N) is 4. The SMILES string of the molecule is O=C(OCCN(CCOC(=O)c1ccc([N+](=O)O)cc1)c1ccccc1COC(=O)c1ccc([N+](=O)O)cc1)c1ccc([N+](=O)[O-])cc1. The van der Waals surface area contributed by atoms with Gasteiger partial charge >= 0.3 is 29.3 Å². The van der Waals surface area contributed by atoms with Crippen molar-refractivity contribution in [2.45, 2.75) is 6.61 Å². The van der Waals surface area contributed by atoms with Gasteiger partial charge in [-0.2, -0.15) is 0 Å². The molecule has 16 nitrogen and oxygen atoms in total. The maximum absolute atomic E-state index is 12.7. The van der Waals surface area contributed by atoms with E-state index in [0.29, 0.717) is 11.3 Å². The number of anilines is 1. The monoisotopic (exact) mass is 660 g/mol. The van der Waals surface area contributed by atoms with Gasteiger partial charge in [0, 0.05) is 47.6 Å². The molecule has 0 spiro atoms. The third kappa shape index (κ3) is 9.16. The Bertz CT molecular complexity index is 1740. The average Bonchev–Trinajstić information content (AvgIpc) is 3.10. The van der Waals surface area contributed by atoms with Gasteiger partial charge in [0.15, 0.2) is 0 Å². The smallest absolute Gasteiger partial charge is 0.338 e. The zero-order valence-corrected chi connectivity index (χ0v) is 25.0. The molecular weight excluding hydrogens is 632 g/mol. The van der Waals surface area contributed by atoms with Crippen LogP contribution < -0.4 is 4.90 Å². The second-order valence-corrected chi connectivity index (χ2v) is 9.91. The van der Waals surface area contributed by atoms with Crippen LogP contribution >= 0.6 is 0 Å². The molecule has 0 aromatic heterocycles. The van der Waals surface area contributed by atoms with Crippen molar-refractivity contribution in [3.05, 3.63) is 139 Å². The zero-order chi connectivity index (χ0) is 34.6. The molecule has 2 N–H and O–H groups in total. The van der Waals surface area contributed by atoms with Crippen LogP contribution in [0.5, 0.6) is 0 Å². The second kappa shape index (κ2) is 16.0. The topological polar surface area (TPSA) is 206 Å². The summed E-state index contributed by atoms with van der Waals surface area (Å²) in [5.41, 5.74) is 1.16. The highest BCUT2D eigenvalue weighted by molar-refractivity contribution is 5.90. The minimum Gasteiger partial charge on any atom is -0.460 e. The Balaban J connectivity index is 1.45. The van der Waals surface area contributed by atoms with E-state index in [4.69, 9.17) is 24.6 Å². The Hall–Kier alpha value is -6.71. The summed E-state index contributed by atoms with van der Waals surface area (Å²) in [6.45, 7) is -0.257. The van der Waals surface area contributed by atoms with E-state index >= 15 is 0 Å². The minimum atomic E-state index is -0.714. The van der Waals surface area contributed by atoms with Gasteiger partial charge in [0.05, 0.1) is 44.5 Å². The third-order valence-corrected chi connectivity index (χ3v) is 6.84. The molecule has 4 rings (SSSR count). The summed E-state index contributed by atoms with van der Waals surface area (Å²) in [4.78, 5) is 71.3. The fourth-order valence-corrected chi connectivity index (χ4v) is 4.35. The van der Waals surface area contributed by atoms with E-state index in [1.54, 1.807) is 29.2 Å². The highest BCUT2D eigenvalue weighted by Crippen LogP contribution is 2.23. The van der Waals surface area contributed by atoms with E-state index in [1.807, 2.05) is 0 Å². The summed E-state index contributed by atoms with van der Waals surface area (Å²) in [6.07, 6.45) is 0. The molecule has 0 fully saturated rings. The highest BCUT2D eigenvalue weighted by atomic mass is 16.6. The number of benzene rings is 4. The summed E-state index contributed by atoms with van der Waals surface area (Å²) in [5.74, 6) is -2.11. The van der Waals surface area contributed by atoms with Gasteiger partial charge in [-0.25, -0.2) is 24.8 Å². The molecule has 0 saturated heterocycles. The summed E-state index contributed by atoms with van der Waals surface area (Å²) in [6, 6.07) is 22.0. The Morgan fingerprint density at radius 3 is 1.40 bits per heavy atom. The van der Waals surface area contributed by atoms with Crippen LogP contribution in [-0.2, 0) is 20.8 Å². The van der Waals surface area contributed by atoms with E-state index in [9.17, 15) is 34.3 Å². The van der Waals surface area contributed by atoms with E-state index in [1.165, 1.54) is 72.8 Å². The molecule has 0 aliphatic carbocycles. The van der Waals surface area contributed by atoms with E-state index < -0.39 is 22.8 Å². The molecule has 0 heterocycles. The number of carbonyl (C=O) groups excluding carboxylic acids is 3. The number of esters is 3. The Morgan fingerprint density at radius 1 is 0.583 bits per heavy atom. The van der Waals surface area contributed by atoms with Crippen LogP contribution in [0.3, 0.4) is 0 Å². The number of hydrogen-bond acceptors (Lipinski definition) is 11. The van der Waals surface area contributed by atoms with Crippen molar-refractivity contribution in [2.75, 3.05) is 31.2 Å². The number of ether oxygens (including phenoxy) is 3. The van der Waals surface area contributed by atoms with Crippen molar-refractivity contribution < 1.29 is 53.8 Å². The maximum Gasteiger partial charge on any atom is 0.338 e. The Kier molecular flexibility index (Phi) is 11.4. The van der Waals surface area contributed by atoms with Crippen LogP contribution in [0.25, 0.3) is 0 Å². The first kappa shape index (κ1) is 34.2. The number of nitro benzene ring substituents is 1. The minimum absolute atomic E-state index is 0.0706. The van der Waals surface area contributed by atoms with Crippen molar-refractivity contribution in [1.82, 2.24) is 0 Å². The van der Waals surface area contributed by atoms with E-state index in [-0.39, 0.29) is 76.5 Å². The molecule has 246 valence electrons. The zero-order valence-electron chi connectivity index (χ0n) is 25.0. The van der Waals surface area contributed by atoms with Crippen LogP contribution in [0, 0.1) is 19.9 Å². The van der Waals surface area contributed by atoms with Crippen LogP contribution in [-0.4, -0.2) is 69.4 Å². The molecule has 4 aromatic carbocycles. The number of nitro groups is 1. The fraction of sp³-hybridized carbons (Fsp3) is 0.156. The number of hydrogen-bond donors (Lipinski definition) is 2. The van der Waals surface area contributed by atoms with Crippen molar-refractivity contribution in [3.63, 3.8) is 0 Å². The molecule has 0 amide bonds. The van der Waals surface area contributed by atoms with Gasteiger partial charge in [0.2, 0.25) is 0 Å². The molecule has 0 aliphatic rings. The fourth-order valence-electron chi connectivity index (χ4n) is 4.35. The van der Waals surface area contributed by atoms with Gasteiger partial charge in [-0.1, -0.05) is 18.2 Å². The lowest BCUT2D eigenvalue weighted by atomic mass is 10.1. The molecule has 48 heavy (non-hydrogen) atoms. The van der Waals surface area contributed by atoms with Crippen molar-refractivity contribution in [3.8, 4) is 0 Å². The van der Waals surface area contributed by atoms with Gasteiger partial charge in [-0.15, -0.1) is 0 Å². The normalized spacial score (nSPS) is 10.4. The molecule has 0 unspecified atom stereocenters. The molecule has 0 bridgehead atoms. The van der Waals surface area contributed by atoms with Crippen LogP contribution in [0.4, 0.5) is 22.7 Å². The predicted molar refractivity (Wildman–Crippen MR) is 164 cm³/mol. The maximum atomic E-state index is 12.7. The summed E-state index contributed by atoms with van der Waals surface area (Å²) in [7, 11) is 0. The summed E-state index contributed by atoms with van der Waals surface area (Å²) in [5, 5.41) is 28.9. The second-order valence-electron chi connectivity index (χ2n) is 9.91. The summed E-state index contributed by atoms with van der Waals surface area (Å²) >= 11 is 0. The van der Waals surface area contributed by atoms with Gasteiger partial charge in [0.1, 0.15) is 19.8 Å². The lowest BCUT2D eigenvalue weighted by Gasteiger charge is -2.27. The Morgan fingerprint density at radius 2 is 0.979 bits per heavy atom. The number of para-hydroxylation sites is 1. The van der Waals surface area contributed by atoms with E-state index in [0.717, 1.165) is 0 Å². The molecule has 4 aromatic rings. The highest BCUT2D eigenvalue weighted by Gasteiger charge is 2.19. The predicted octanol–water partition coefficient (Wildman–Crippen LogP) is 5.07. The molecular formula is C32H28N4O12+2. The first-order chi connectivity index (χ1) is 23.0. The number of rotatable bonds is 15. The lowest BCUT2D eigenvalue weighted by molar-refractivity contribution is -0.729. The van der Waals surface area contributed by atoms with Crippen LogP contribution in [0.2, 0.25) is 0 Å². The average molecular weight is 661 g/mol. The van der Waals surface area contributed by atoms with Crippen molar-refractivity contribution in [1.29, 1.82) is 0 Å². The first-order valence-corrected chi connectivity index (χ1v) is 14.1. The van der Waals surface area contributed by atoms with Gasteiger partial charge in [0.25, 0.3) is 15.5 Å². The molecule has 0 atom stereocenters. The number of carbonyl (C=O) groups is 3. The third-order valence-electron chi connectivity index (χ3n) is 6.84. The van der Waals surface area contributed by atoms with Crippen molar-refractivity contribution in [2.24, 2.45) is 0 Å². The van der Waals surface area contributed by atoms with Gasteiger partial charge in [-0.05, 0) is 42.5 Å². The number of non-ortho nitro benzene ring substituents is 1.